The van der Waals surface area contributed by atoms with Gasteiger partial charge in [0.15, 0.2) is 0 Å². The van der Waals surface area contributed by atoms with Crippen LogP contribution in [0.1, 0.15) is 65.0 Å². The van der Waals surface area contributed by atoms with Gasteiger partial charge >= 0.3 is 29.8 Å². The second kappa shape index (κ2) is 17.1. The monoisotopic (exact) mass is 670 g/mol. The number of rotatable bonds is 14. The van der Waals surface area contributed by atoms with Crippen molar-refractivity contribution >= 4 is 41.0 Å². The quantitative estimate of drug-likeness (QED) is 0.0905. The highest BCUT2D eigenvalue weighted by Gasteiger charge is 2.38. The van der Waals surface area contributed by atoms with Crippen molar-refractivity contribution in [1.82, 2.24) is 0 Å². The summed E-state index contributed by atoms with van der Waals surface area (Å²) in [5.74, 6) is -2.40. The maximum atomic E-state index is 12.7. The Bertz CT molecular complexity index is 1690. The fourth-order valence-electron chi connectivity index (χ4n) is 4.63. The number of carbonyl (C=O) groups is 5. The Kier molecular flexibility index (Phi) is 13.2. The predicted octanol–water partition coefficient (Wildman–Crippen LogP) is 6.90. The molecule has 10 heteroatoms. The smallest absolute Gasteiger partial charge is 0.333 e. The van der Waals surface area contributed by atoms with Crippen molar-refractivity contribution in [2.75, 3.05) is 13.2 Å². The van der Waals surface area contributed by atoms with E-state index in [4.69, 9.17) is 23.7 Å². The average Bonchev–Trinajstić information content (AvgIpc) is 3.17. The minimum Gasteiger partial charge on any atom is -0.462 e. The molecule has 0 N–H and O–H groups in total. The normalized spacial score (nSPS) is 16.9. The van der Waals surface area contributed by atoms with Crippen LogP contribution in [0.5, 0.6) is 11.5 Å². The van der Waals surface area contributed by atoms with Crippen LogP contribution >= 0.6 is 0 Å². The summed E-state index contributed by atoms with van der Waals surface area (Å²) in [5, 5.41) is 0. The number of carbonyl (C=O) groups excluding carboxylic acids is 5. The number of benzene rings is 2. The van der Waals surface area contributed by atoms with Gasteiger partial charge in [-0.2, -0.15) is 0 Å². The summed E-state index contributed by atoms with van der Waals surface area (Å²) in [7, 11) is 0. The van der Waals surface area contributed by atoms with Gasteiger partial charge in [0.05, 0.1) is 12.8 Å². The largest absolute Gasteiger partial charge is 0.462 e. The lowest BCUT2D eigenvalue weighted by Crippen LogP contribution is -2.38. The van der Waals surface area contributed by atoms with Gasteiger partial charge in [-0.25, -0.2) is 14.4 Å². The number of esters is 5. The topological polar surface area (TPSA) is 132 Å². The molecule has 1 aliphatic carbocycles. The first-order chi connectivity index (χ1) is 23.1. The van der Waals surface area contributed by atoms with Gasteiger partial charge in [-0.05, 0) is 74.2 Å². The lowest BCUT2D eigenvalue weighted by atomic mass is 9.80. The molecule has 258 valence electrons. The molecule has 0 aliphatic heterocycles. The molecule has 0 spiro atoms. The SMILES string of the molecule is C=C(C)C(=O)OCCC(=O)Oc1ccc(C2=CCC(C)(OC(=O)C(=C)C)C(C)C(c3ccc(OC(=O)CCOC(=O)C(=C)C)cc3)=C2)cc1. The number of ether oxygens (including phenoxy) is 5. The summed E-state index contributed by atoms with van der Waals surface area (Å²) < 4.78 is 26.7. The van der Waals surface area contributed by atoms with Crippen LogP contribution in [0.15, 0.2) is 97.1 Å². The summed E-state index contributed by atoms with van der Waals surface area (Å²) in [5.41, 5.74) is 3.19. The van der Waals surface area contributed by atoms with Crippen molar-refractivity contribution in [2.45, 2.75) is 59.5 Å². The van der Waals surface area contributed by atoms with Crippen molar-refractivity contribution < 1.29 is 47.7 Å². The molecule has 49 heavy (non-hydrogen) atoms. The average molecular weight is 671 g/mol. The summed E-state index contributed by atoms with van der Waals surface area (Å²) >= 11 is 0. The van der Waals surface area contributed by atoms with E-state index in [0.717, 1.165) is 22.3 Å². The summed E-state index contributed by atoms with van der Waals surface area (Å²) in [6, 6.07) is 13.9. The number of hydrogen-bond acceptors (Lipinski definition) is 10. The molecule has 10 nitrogen and oxygen atoms in total. The maximum absolute atomic E-state index is 12.7. The van der Waals surface area contributed by atoms with E-state index in [1.807, 2.05) is 50.3 Å². The van der Waals surface area contributed by atoms with Crippen LogP contribution in [0.25, 0.3) is 11.1 Å². The highest BCUT2D eigenvalue weighted by Crippen LogP contribution is 2.42. The van der Waals surface area contributed by atoms with Crippen molar-refractivity contribution in [3.63, 3.8) is 0 Å². The standard InChI is InChI=1S/C39H42O10/c1-24(2)36(42)45-21-18-34(40)47-31-13-9-28(10-14-31)30-17-20-39(8,49-38(44)26(5)6)27(7)33(23-30)29-11-15-32(16-12-29)48-35(41)19-22-46-37(43)25(3)4/h9-17,23,27H,1,3,5,18-22H2,2,4,6-8H3. The molecule has 2 aromatic carbocycles. The van der Waals surface area contributed by atoms with Crippen LogP contribution in [0.3, 0.4) is 0 Å². The summed E-state index contributed by atoms with van der Waals surface area (Å²) in [6.07, 6.45) is 4.17. The molecule has 2 unspecified atom stereocenters. The zero-order chi connectivity index (χ0) is 36.3. The van der Waals surface area contributed by atoms with Crippen molar-refractivity contribution in [2.24, 2.45) is 5.92 Å². The minimum absolute atomic E-state index is 0.111. The molecule has 0 aromatic heterocycles. The van der Waals surface area contributed by atoms with Gasteiger partial charge in [0.1, 0.15) is 30.3 Å². The Labute approximate surface area is 286 Å². The summed E-state index contributed by atoms with van der Waals surface area (Å²) in [4.78, 5) is 60.3. The molecule has 0 heterocycles. The van der Waals surface area contributed by atoms with E-state index in [1.54, 1.807) is 31.2 Å². The third-order valence-corrected chi connectivity index (χ3v) is 7.71. The lowest BCUT2D eigenvalue weighted by Gasteiger charge is -2.35. The highest BCUT2D eigenvalue weighted by atomic mass is 16.6. The number of allylic oxidation sites excluding steroid dienone is 2. The minimum atomic E-state index is -0.932. The Morgan fingerprint density at radius 1 is 0.694 bits per heavy atom. The van der Waals surface area contributed by atoms with Crippen molar-refractivity contribution in [3.05, 3.63) is 108 Å². The zero-order valence-corrected chi connectivity index (χ0v) is 28.6. The van der Waals surface area contributed by atoms with E-state index in [-0.39, 0.29) is 48.7 Å². The first-order valence-corrected chi connectivity index (χ1v) is 15.7. The molecular formula is C39H42O10. The third kappa shape index (κ3) is 11.0. The van der Waals surface area contributed by atoms with Gasteiger partial charge in [0.2, 0.25) is 0 Å². The van der Waals surface area contributed by atoms with E-state index < -0.39 is 35.4 Å². The molecule has 3 rings (SSSR count). The predicted molar refractivity (Wildman–Crippen MR) is 184 cm³/mol. The van der Waals surface area contributed by atoms with Crippen LogP contribution in [0.4, 0.5) is 0 Å². The zero-order valence-electron chi connectivity index (χ0n) is 28.6. The molecule has 0 amide bonds. The molecule has 2 atom stereocenters. The first-order valence-electron chi connectivity index (χ1n) is 15.7. The Balaban J connectivity index is 1.82. The maximum Gasteiger partial charge on any atom is 0.333 e. The van der Waals surface area contributed by atoms with E-state index in [1.165, 1.54) is 13.8 Å². The molecule has 0 fully saturated rings. The van der Waals surface area contributed by atoms with Crippen LogP contribution in [0, 0.1) is 5.92 Å². The van der Waals surface area contributed by atoms with Crippen LogP contribution in [0.2, 0.25) is 0 Å². The van der Waals surface area contributed by atoms with Gasteiger partial charge in [0.25, 0.3) is 0 Å². The molecule has 0 radical (unpaired) electrons. The van der Waals surface area contributed by atoms with E-state index in [9.17, 15) is 24.0 Å². The second-order valence-electron chi connectivity index (χ2n) is 12.0. The van der Waals surface area contributed by atoms with E-state index >= 15 is 0 Å². The first kappa shape index (κ1) is 37.9. The van der Waals surface area contributed by atoms with Gasteiger partial charge in [-0.1, -0.05) is 63.1 Å². The van der Waals surface area contributed by atoms with E-state index in [0.29, 0.717) is 17.9 Å². The van der Waals surface area contributed by atoms with Gasteiger partial charge in [-0.15, -0.1) is 0 Å². The Morgan fingerprint density at radius 2 is 1.12 bits per heavy atom. The second-order valence-corrected chi connectivity index (χ2v) is 12.0. The lowest BCUT2D eigenvalue weighted by molar-refractivity contribution is -0.155. The molecule has 0 saturated carbocycles. The van der Waals surface area contributed by atoms with Gasteiger partial charge in [-0.3, -0.25) is 9.59 Å². The molecule has 1 aliphatic rings. The van der Waals surface area contributed by atoms with Crippen LogP contribution in [-0.4, -0.2) is 48.7 Å². The fourth-order valence-corrected chi connectivity index (χ4v) is 4.63. The molecular weight excluding hydrogens is 628 g/mol. The molecule has 0 saturated heterocycles. The van der Waals surface area contributed by atoms with Crippen LogP contribution < -0.4 is 9.47 Å². The van der Waals surface area contributed by atoms with Gasteiger partial charge in [0, 0.05) is 29.1 Å². The third-order valence-electron chi connectivity index (χ3n) is 7.71. The van der Waals surface area contributed by atoms with Crippen molar-refractivity contribution in [3.8, 4) is 11.5 Å². The summed E-state index contributed by atoms with van der Waals surface area (Å²) in [6.45, 7) is 19.0. The Hall–Kier alpha value is -5.51. The highest BCUT2D eigenvalue weighted by molar-refractivity contribution is 5.90. The Morgan fingerprint density at radius 3 is 1.55 bits per heavy atom. The number of hydrogen-bond donors (Lipinski definition) is 0. The van der Waals surface area contributed by atoms with Crippen LogP contribution in [-0.2, 0) is 38.2 Å². The molecule has 0 bridgehead atoms. The van der Waals surface area contributed by atoms with Crippen molar-refractivity contribution in [1.29, 1.82) is 0 Å². The van der Waals surface area contributed by atoms with Gasteiger partial charge < -0.3 is 23.7 Å². The van der Waals surface area contributed by atoms with E-state index in [2.05, 4.69) is 19.7 Å². The molecule has 2 aromatic rings. The fraction of sp³-hybridized carbons (Fsp3) is 0.308.